The van der Waals surface area contributed by atoms with Crippen LogP contribution in [0.2, 0.25) is 0 Å². The van der Waals surface area contributed by atoms with Gasteiger partial charge in [-0.15, -0.1) is 0 Å². The van der Waals surface area contributed by atoms with Gasteiger partial charge in [0.05, 0.1) is 19.8 Å². The van der Waals surface area contributed by atoms with Gasteiger partial charge in [-0.2, -0.15) is 0 Å². The Balaban J connectivity index is 1.69. The first-order valence-corrected chi connectivity index (χ1v) is 7.98. The Labute approximate surface area is 126 Å². The number of nitrogens with zero attached hydrogens (tertiary/aromatic N) is 2. The van der Waals surface area contributed by atoms with E-state index in [0.717, 1.165) is 32.4 Å². The first kappa shape index (κ1) is 16.2. The molecule has 0 spiro atoms. The quantitative estimate of drug-likeness (QED) is 0.674. The summed E-state index contributed by atoms with van der Waals surface area (Å²) >= 11 is 0. The van der Waals surface area contributed by atoms with Gasteiger partial charge in [-0.05, 0) is 39.3 Å². The van der Waals surface area contributed by atoms with Crippen LogP contribution in [0.1, 0.15) is 32.6 Å². The fourth-order valence-corrected chi connectivity index (χ4v) is 3.00. The molecule has 1 unspecified atom stereocenters. The van der Waals surface area contributed by atoms with Crippen molar-refractivity contribution in [2.24, 2.45) is 0 Å². The van der Waals surface area contributed by atoms with Crippen molar-refractivity contribution >= 4 is 11.9 Å². The summed E-state index contributed by atoms with van der Waals surface area (Å²) in [5.74, 6) is 0.0830. The van der Waals surface area contributed by atoms with Crippen LogP contribution in [0.3, 0.4) is 0 Å². The van der Waals surface area contributed by atoms with E-state index in [0.29, 0.717) is 39.3 Å². The topological polar surface area (TPSA) is 59.1 Å². The van der Waals surface area contributed by atoms with E-state index >= 15 is 0 Å². The van der Waals surface area contributed by atoms with Crippen molar-refractivity contribution in [3.8, 4) is 0 Å². The molecule has 2 saturated heterocycles. The van der Waals surface area contributed by atoms with E-state index in [-0.39, 0.29) is 17.9 Å². The number of rotatable bonds is 6. The van der Waals surface area contributed by atoms with Crippen molar-refractivity contribution < 1.29 is 19.1 Å². The van der Waals surface area contributed by atoms with Crippen LogP contribution in [0.25, 0.3) is 0 Å². The summed E-state index contributed by atoms with van der Waals surface area (Å²) in [5.41, 5.74) is 0. The molecule has 2 fully saturated rings. The SMILES string of the molecule is CCOC(=O)C1CCCN1CCCC(=O)N1CCOCC1. The second-order valence-electron chi connectivity index (χ2n) is 5.54. The summed E-state index contributed by atoms with van der Waals surface area (Å²) in [4.78, 5) is 27.9. The summed E-state index contributed by atoms with van der Waals surface area (Å²) in [6.07, 6.45) is 3.25. The molecule has 0 bridgehead atoms. The number of amides is 1. The van der Waals surface area contributed by atoms with Crippen molar-refractivity contribution in [1.82, 2.24) is 9.80 Å². The third kappa shape index (κ3) is 4.68. The second-order valence-corrected chi connectivity index (χ2v) is 5.54. The molecule has 21 heavy (non-hydrogen) atoms. The van der Waals surface area contributed by atoms with E-state index in [1.807, 2.05) is 11.8 Å². The molecule has 6 nitrogen and oxygen atoms in total. The van der Waals surface area contributed by atoms with Crippen molar-refractivity contribution in [3.63, 3.8) is 0 Å². The Bertz CT molecular complexity index is 356. The Hall–Kier alpha value is -1.14. The van der Waals surface area contributed by atoms with Crippen LogP contribution < -0.4 is 0 Å². The minimum Gasteiger partial charge on any atom is -0.465 e. The number of morpholine rings is 1. The molecule has 0 aromatic heterocycles. The van der Waals surface area contributed by atoms with E-state index < -0.39 is 0 Å². The molecule has 0 N–H and O–H groups in total. The second kappa shape index (κ2) is 8.34. The average Bonchev–Trinajstić information content (AvgIpc) is 2.97. The Kier molecular flexibility index (Phi) is 6.45. The smallest absolute Gasteiger partial charge is 0.323 e. The van der Waals surface area contributed by atoms with Crippen molar-refractivity contribution in [2.45, 2.75) is 38.6 Å². The number of ether oxygens (including phenoxy) is 2. The summed E-state index contributed by atoms with van der Waals surface area (Å²) in [7, 11) is 0. The maximum absolute atomic E-state index is 12.0. The van der Waals surface area contributed by atoms with Gasteiger partial charge in [0.15, 0.2) is 0 Å². The van der Waals surface area contributed by atoms with Crippen LogP contribution in [0.5, 0.6) is 0 Å². The third-order valence-corrected chi connectivity index (χ3v) is 4.12. The lowest BCUT2D eigenvalue weighted by atomic mass is 10.2. The zero-order valence-electron chi connectivity index (χ0n) is 12.9. The van der Waals surface area contributed by atoms with Crippen LogP contribution in [-0.2, 0) is 19.1 Å². The number of hydrogen-bond acceptors (Lipinski definition) is 5. The fourth-order valence-electron chi connectivity index (χ4n) is 3.00. The molecule has 1 atom stereocenters. The molecule has 2 rings (SSSR count). The van der Waals surface area contributed by atoms with Crippen molar-refractivity contribution in [1.29, 1.82) is 0 Å². The Morgan fingerprint density at radius 2 is 2.00 bits per heavy atom. The zero-order chi connectivity index (χ0) is 15.1. The van der Waals surface area contributed by atoms with Crippen molar-refractivity contribution in [3.05, 3.63) is 0 Å². The molecule has 0 aliphatic carbocycles. The average molecular weight is 298 g/mol. The van der Waals surface area contributed by atoms with E-state index in [9.17, 15) is 9.59 Å². The summed E-state index contributed by atoms with van der Waals surface area (Å²) in [6.45, 7) is 6.67. The molecular formula is C15H26N2O4. The highest BCUT2D eigenvalue weighted by Gasteiger charge is 2.31. The molecule has 120 valence electrons. The van der Waals surface area contributed by atoms with Gasteiger partial charge in [0.1, 0.15) is 6.04 Å². The van der Waals surface area contributed by atoms with Crippen LogP contribution in [0.15, 0.2) is 0 Å². The van der Waals surface area contributed by atoms with Crippen molar-refractivity contribution in [2.75, 3.05) is 46.0 Å². The monoisotopic (exact) mass is 298 g/mol. The molecule has 2 heterocycles. The molecule has 0 aromatic rings. The van der Waals surface area contributed by atoms with E-state index in [4.69, 9.17) is 9.47 Å². The molecule has 0 saturated carbocycles. The van der Waals surface area contributed by atoms with Crippen LogP contribution in [0, 0.1) is 0 Å². The molecule has 1 amide bonds. The predicted octanol–water partition coefficient (Wildman–Crippen LogP) is 0.653. The zero-order valence-corrected chi connectivity index (χ0v) is 12.9. The standard InChI is InChI=1S/C15H26N2O4/c1-2-21-15(19)13-5-3-7-16(13)8-4-6-14(18)17-9-11-20-12-10-17/h13H,2-12H2,1H3. The number of carbonyl (C=O) groups is 2. The molecular weight excluding hydrogens is 272 g/mol. The highest BCUT2D eigenvalue weighted by molar-refractivity contribution is 5.77. The van der Waals surface area contributed by atoms with Gasteiger partial charge < -0.3 is 14.4 Å². The molecule has 6 heteroatoms. The maximum atomic E-state index is 12.0. The summed E-state index contributed by atoms with van der Waals surface area (Å²) in [6, 6.07) is -0.108. The van der Waals surface area contributed by atoms with E-state index in [2.05, 4.69) is 4.90 Å². The van der Waals surface area contributed by atoms with Crippen LogP contribution in [-0.4, -0.2) is 73.7 Å². The lowest BCUT2D eigenvalue weighted by Crippen LogP contribution is -2.41. The normalized spacial score (nSPS) is 23.3. The van der Waals surface area contributed by atoms with Gasteiger partial charge in [0.25, 0.3) is 0 Å². The minimum atomic E-state index is -0.116. The van der Waals surface area contributed by atoms with Crippen LogP contribution >= 0.6 is 0 Å². The lowest BCUT2D eigenvalue weighted by molar-refractivity contribution is -0.148. The number of carbonyl (C=O) groups excluding carboxylic acids is 2. The number of hydrogen-bond donors (Lipinski definition) is 0. The highest BCUT2D eigenvalue weighted by atomic mass is 16.5. The van der Waals surface area contributed by atoms with E-state index in [1.54, 1.807) is 0 Å². The number of esters is 1. The summed E-state index contributed by atoms with van der Waals surface area (Å²) in [5, 5.41) is 0. The first-order chi connectivity index (χ1) is 10.2. The van der Waals surface area contributed by atoms with Gasteiger partial charge in [-0.3, -0.25) is 14.5 Å². The molecule has 2 aliphatic rings. The Morgan fingerprint density at radius 3 is 2.71 bits per heavy atom. The maximum Gasteiger partial charge on any atom is 0.323 e. The largest absolute Gasteiger partial charge is 0.465 e. The van der Waals surface area contributed by atoms with Gasteiger partial charge in [0, 0.05) is 19.5 Å². The first-order valence-electron chi connectivity index (χ1n) is 7.98. The molecule has 2 aliphatic heterocycles. The van der Waals surface area contributed by atoms with Gasteiger partial charge in [-0.25, -0.2) is 0 Å². The molecule has 0 aromatic carbocycles. The highest BCUT2D eigenvalue weighted by Crippen LogP contribution is 2.19. The predicted molar refractivity (Wildman–Crippen MR) is 77.9 cm³/mol. The van der Waals surface area contributed by atoms with Gasteiger partial charge >= 0.3 is 5.97 Å². The lowest BCUT2D eigenvalue weighted by Gasteiger charge is -2.27. The Morgan fingerprint density at radius 1 is 1.24 bits per heavy atom. The van der Waals surface area contributed by atoms with Crippen LogP contribution in [0.4, 0.5) is 0 Å². The molecule has 0 radical (unpaired) electrons. The summed E-state index contributed by atoms with van der Waals surface area (Å²) < 4.78 is 10.4. The fraction of sp³-hybridized carbons (Fsp3) is 0.867. The van der Waals surface area contributed by atoms with E-state index in [1.165, 1.54) is 0 Å². The minimum absolute atomic E-state index is 0.108. The van der Waals surface area contributed by atoms with Gasteiger partial charge in [-0.1, -0.05) is 0 Å². The third-order valence-electron chi connectivity index (χ3n) is 4.12. The number of likely N-dealkylation sites (tertiary alicyclic amines) is 1. The van der Waals surface area contributed by atoms with Gasteiger partial charge in [0.2, 0.25) is 5.91 Å².